The molecule has 3 aliphatic rings. The molecule has 0 radical (unpaired) electrons. The minimum absolute atomic E-state index is 0.000161. The Labute approximate surface area is 135 Å². The topological polar surface area (TPSA) is 52.6 Å². The Hall–Kier alpha value is -2.12. The molecule has 2 aliphatic heterocycles. The lowest BCUT2D eigenvalue weighted by atomic mass is 9.81. The second-order valence-corrected chi connectivity index (χ2v) is 6.41. The highest BCUT2D eigenvalue weighted by molar-refractivity contribution is 6.17. The Morgan fingerprint density at radius 1 is 1.13 bits per heavy atom. The van der Waals surface area contributed by atoms with E-state index in [1.54, 1.807) is 20.1 Å². The molecule has 2 heterocycles. The molecule has 1 unspecified atom stereocenters. The largest absolute Gasteiger partial charge is 0.496 e. The summed E-state index contributed by atoms with van der Waals surface area (Å²) < 4.78 is 11.2. The van der Waals surface area contributed by atoms with Crippen LogP contribution in [0.4, 0.5) is 0 Å². The fraction of sp³-hybridized carbons (Fsp3) is 0.474. The molecule has 2 saturated heterocycles. The van der Waals surface area contributed by atoms with Crippen LogP contribution in [0.1, 0.15) is 36.8 Å². The molecule has 0 spiro atoms. The van der Waals surface area contributed by atoms with Crippen LogP contribution in [-0.4, -0.2) is 30.9 Å². The predicted molar refractivity (Wildman–Crippen MR) is 83.2 cm³/mol. The molecule has 1 aromatic rings. The van der Waals surface area contributed by atoms with Gasteiger partial charge in [0.2, 0.25) is 0 Å². The van der Waals surface area contributed by atoms with Gasteiger partial charge in [0.05, 0.1) is 31.2 Å². The smallest absolute Gasteiger partial charge is 0.154 e. The number of carbonyl (C=O) groups excluding carboxylic acids is 2. The van der Waals surface area contributed by atoms with Gasteiger partial charge in [-0.3, -0.25) is 9.59 Å². The Kier molecular flexibility index (Phi) is 3.28. The summed E-state index contributed by atoms with van der Waals surface area (Å²) in [4.78, 5) is 25.8. The molecule has 4 heteroatoms. The van der Waals surface area contributed by atoms with Crippen molar-refractivity contribution in [1.29, 1.82) is 0 Å². The lowest BCUT2D eigenvalue weighted by Crippen LogP contribution is -2.29. The third-order valence-corrected chi connectivity index (χ3v) is 5.31. The monoisotopic (exact) mass is 310 g/mol. The standard InChI is InChI=1S/C19H18O4/c1-3-4-10-5-6-11(14(9-10)22-2)15-18(20)16-12-7-8-13(23-12)17(16)19(15)21/h5-6,9,12-13,15-17H,7-8H2,1-2H3/t12-,13+,15?,16-,17+. The van der Waals surface area contributed by atoms with E-state index in [9.17, 15) is 9.59 Å². The number of carbonyl (C=O) groups is 2. The Bertz CT molecular complexity index is 726. The van der Waals surface area contributed by atoms with Crippen LogP contribution in [0.15, 0.2) is 18.2 Å². The van der Waals surface area contributed by atoms with Crippen molar-refractivity contribution in [3.05, 3.63) is 29.3 Å². The molecule has 0 aromatic heterocycles. The molecule has 0 N–H and O–H groups in total. The van der Waals surface area contributed by atoms with E-state index in [0.717, 1.165) is 18.4 Å². The van der Waals surface area contributed by atoms with Crippen LogP contribution in [-0.2, 0) is 14.3 Å². The van der Waals surface area contributed by atoms with E-state index in [2.05, 4.69) is 11.8 Å². The Morgan fingerprint density at radius 3 is 2.35 bits per heavy atom. The third-order valence-electron chi connectivity index (χ3n) is 5.31. The molecule has 3 fully saturated rings. The highest BCUT2D eigenvalue weighted by Crippen LogP contribution is 2.53. The maximum Gasteiger partial charge on any atom is 0.154 e. The minimum atomic E-state index is -0.712. The van der Waals surface area contributed by atoms with Crippen LogP contribution in [0, 0.1) is 23.7 Å². The van der Waals surface area contributed by atoms with Crippen molar-refractivity contribution < 1.29 is 19.1 Å². The molecular formula is C19H18O4. The van der Waals surface area contributed by atoms with Crippen molar-refractivity contribution in [2.24, 2.45) is 11.8 Å². The van der Waals surface area contributed by atoms with Crippen LogP contribution in [0.5, 0.6) is 5.75 Å². The highest BCUT2D eigenvalue weighted by Gasteiger charge is 2.63. The second kappa shape index (κ2) is 5.21. The molecule has 23 heavy (non-hydrogen) atoms. The lowest BCUT2D eigenvalue weighted by Gasteiger charge is -2.16. The number of fused-ring (bicyclic) bond motifs is 5. The minimum Gasteiger partial charge on any atom is -0.496 e. The predicted octanol–water partition coefficient (Wildman–Crippen LogP) is 2.10. The van der Waals surface area contributed by atoms with Crippen LogP contribution in [0.3, 0.4) is 0 Å². The lowest BCUT2D eigenvalue weighted by molar-refractivity contribution is -0.127. The summed E-state index contributed by atoms with van der Waals surface area (Å²) in [6.45, 7) is 1.77. The van der Waals surface area contributed by atoms with Gasteiger partial charge in [0, 0.05) is 11.1 Å². The molecule has 1 aromatic carbocycles. The van der Waals surface area contributed by atoms with Crippen molar-refractivity contribution in [2.75, 3.05) is 7.11 Å². The van der Waals surface area contributed by atoms with Gasteiger partial charge in [0.15, 0.2) is 11.6 Å². The second-order valence-electron chi connectivity index (χ2n) is 6.41. The van der Waals surface area contributed by atoms with E-state index in [1.807, 2.05) is 12.1 Å². The number of methoxy groups -OCH3 is 1. The van der Waals surface area contributed by atoms with E-state index in [1.165, 1.54) is 0 Å². The summed E-state index contributed by atoms with van der Waals surface area (Å²) in [6.07, 6.45) is 1.64. The van der Waals surface area contributed by atoms with Gasteiger partial charge in [-0.25, -0.2) is 0 Å². The van der Waals surface area contributed by atoms with Crippen LogP contribution >= 0.6 is 0 Å². The normalized spacial score (nSPS) is 34.3. The van der Waals surface area contributed by atoms with Crippen molar-refractivity contribution >= 4 is 11.6 Å². The van der Waals surface area contributed by atoms with E-state index in [0.29, 0.717) is 11.3 Å². The number of hydrogen-bond donors (Lipinski definition) is 0. The molecule has 1 aliphatic carbocycles. The first kappa shape index (κ1) is 14.5. The first-order chi connectivity index (χ1) is 11.2. The zero-order chi connectivity index (χ0) is 16.1. The summed E-state index contributed by atoms with van der Waals surface area (Å²) in [5.74, 6) is 5.14. The van der Waals surface area contributed by atoms with Gasteiger partial charge in [0.1, 0.15) is 11.7 Å². The molecule has 1 saturated carbocycles. The van der Waals surface area contributed by atoms with E-state index >= 15 is 0 Å². The molecule has 118 valence electrons. The van der Waals surface area contributed by atoms with Crippen molar-refractivity contribution in [3.8, 4) is 17.6 Å². The van der Waals surface area contributed by atoms with Crippen LogP contribution in [0.2, 0.25) is 0 Å². The molecule has 4 rings (SSSR count). The van der Waals surface area contributed by atoms with E-state index in [4.69, 9.17) is 9.47 Å². The molecule has 2 bridgehead atoms. The number of rotatable bonds is 2. The summed E-state index contributed by atoms with van der Waals surface area (Å²) in [5.41, 5.74) is 1.48. The van der Waals surface area contributed by atoms with Gasteiger partial charge >= 0.3 is 0 Å². The third kappa shape index (κ3) is 1.96. The van der Waals surface area contributed by atoms with Gasteiger partial charge in [-0.05, 0) is 31.9 Å². The van der Waals surface area contributed by atoms with Crippen molar-refractivity contribution in [1.82, 2.24) is 0 Å². The quantitative estimate of drug-likeness (QED) is 0.620. The van der Waals surface area contributed by atoms with E-state index in [-0.39, 0.29) is 35.6 Å². The average Bonchev–Trinajstić information content (AvgIpc) is 3.22. The zero-order valence-corrected chi connectivity index (χ0v) is 13.2. The first-order valence-electron chi connectivity index (χ1n) is 7.99. The van der Waals surface area contributed by atoms with Gasteiger partial charge in [-0.1, -0.05) is 12.0 Å². The van der Waals surface area contributed by atoms with Gasteiger partial charge in [0.25, 0.3) is 0 Å². The number of benzene rings is 1. The fourth-order valence-corrected chi connectivity index (χ4v) is 4.40. The summed E-state index contributed by atoms with van der Waals surface area (Å²) in [5, 5.41) is 0. The number of ketones is 2. The summed E-state index contributed by atoms with van der Waals surface area (Å²) in [7, 11) is 1.56. The molecule has 0 amide bonds. The zero-order valence-electron chi connectivity index (χ0n) is 13.2. The van der Waals surface area contributed by atoms with E-state index < -0.39 is 5.92 Å². The highest BCUT2D eigenvalue weighted by atomic mass is 16.5. The summed E-state index contributed by atoms with van der Waals surface area (Å²) in [6, 6.07) is 5.45. The Balaban J connectivity index is 1.75. The molecular weight excluding hydrogens is 292 g/mol. The van der Waals surface area contributed by atoms with Gasteiger partial charge in [-0.2, -0.15) is 0 Å². The van der Waals surface area contributed by atoms with Crippen LogP contribution < -0.4 is 4.74 Å². The first-order valence-corrected chi connectivity index (χ1v) is 7.99. The fourth-order valence-electron chi connectivity index (χ4n) is 4.40. The molecule has 4 nitrogen and oxygen atoms in total. The molecule has 5 atom stereocenters. The van der Waals surface area contributed by atoms with Crippen molar-refractivity contribution in [2.45, 2.75) is 37.9 Å². The maximum absolute atomic E-state index is 12.9. The summed E-state index contributed by atoms with van der Waals surface area (Å²) >= 11 is 0. The average molecular weight is 310 g/mol. The number of ether oxygens (including phenoxy) is 2. The van der Waals surface area contributed by atoms with Gasteiger partial charge < -0.3 is 9.47 Å². The maximum atomic E-state index is 12.9. The van der Waals surface area contributed by atoms with Gasteiger partial charge in [-0.15, -0.1) is 5.92 Å². The van der Waals surface area contributed by atoms with Crippen molar-refractivity contribution in [3.63, 3.8) is 0 Å². The SMILES string of the molecule is CC#Cc1ccc(C2C(=O)[C@@H]3[C@H](C2=O)[C@H]2CC[C@@H]3O2)c(OC)c1. The van der Waals surface area contributed by atoms with Crippen LogP contribution in [0.25, 0.3) is 0 Å². The number of hydrogen-bond acceptors (Lipinski definition) is 4. The Morgan fingerprint density at radius 2 is 1.78 bits per heavy atom. The number of Topliss-reactive ketones (excluding diaryl/α,β-unsaturated/α-hetero) is 2.